The zero-order chi connectivity index (χ0) is 13.2. The van der Waals surface area contributed by atoms with E-state index < -0.39 is 0 Å². The fraction of sp³-hybridized carbons (Fsp3) is 0.438. The number of hydrogen-bond donors (Lipinski definition) is 1. The molecule has 1 heterocycles. The highest BCUT2D eigenvalue weighted by atomic mass is 16.5. The van der Waals surface area contributed by atoms with Crippen LogP contribution < -0.4 is 5.73 Å². The van der Waals surface area contributed by atoms with Gasteiger partial charge in [-0.05, 0) is 31.2 Å². The topological polar surface area (TPSA) is 52.0 Å². The molecule has 0 spiro atoms. The Morgan fingerprint density at radius 1 is 1.11 bits per heavy atom. The summed E-state index contributed by atoms with van der Waals surface area (Å²) < 4.78 is 5.02. The van der Waals surface area contributed by atoms with Crippen LogP contribution >= 0.6 is 0 Å². The summed E-state index contributed by atoms with van der Waals surface area (Å²) in [6.45, 7) is 1.94. The molecule has 1 aromatic carbocycles. The summed E-state index contributed by atoms with van der Waals surface area (Å²) in [5.74, 6) is 1.15. The highest BCUT2D eigenvalue weighted by Crippen LogP contribution is 2.34. The summed E-state index contributed by atoms with van der Waals surface area (Å²) in [6.07, 6.45) is 6.78. The van der Waals surface area contributed by atoms with Crippen LogP contribution in [0.5, 0.6) is 0 Å². The highest BCUT2D eigenvalue weighted by molar-refractivity contribution is 5.66. The Morgan fingerprint density at radius 2 is 1.79 bits per heavy atom. The van der Waals surface area contributed by atoms with Crippen molar-refractivity contribution in [3.63, 3.8) is 0 Å². The number of aromatic nitrogens is 1. The van der Waals surface area contributed by atoms with Crippen LogP contribution in [0.15, 0.2) is 28.8 Å². The quantitative estimate of drug-likeness (QED) is 0.872. The second-order valence-electron chi connectivity index (χ2n) is 5.48. The zero-order valence-electron chi connectivity index (χ0n) is 11.4. The summed E-state index contributed by atoms with van der Waals surface area (Å²) >= 11 is 0. The lowest BCUT2D eigenvalue weighted by Gasteiger charge is -2.22. The van der Waals surface area contributed by atoms with Gasteiger partial charge in [-0.25, -0.2) is 0 Å². The van der Waals surface area contributed by atoms with Crippen LogP contribution in [-0.2, 0) is 0 Å². The van der Waals surface area contributed by atoms with Crippen LogP contribution in [0.1, 0.15) is 49.1 Å². The van der Waals surface area contributed by atoms with E-state index in [9.17, 15) is 0 Å². The first kappa shape index (κ1) is 12.3. The maximum atomic E-state index is 5.70. The van der Waals surface area contributed by atoms with Gasteiger partial charge in [0.1, 0.15) is 5.69 Å². The molecule has 1 saturated carbocycles. The van der Waals surface area contributed by atoms with E-state index in [4.69, 9.17) is 10.3 Å². The van der Waals surface area contributed by atoms with Crippen molar-refractivity contribution >= 4 is 5.88 Å². The third-order valence-electron chi connectivity index (χ3n) is 4.22. The molecule has 2 N–H and O–H groups in total. The van der Waals surface area contributed by atoms with Crippen LogP contribution in [0.4, 0.5) is 5.88 Å². The molecular weight excluding hydrogens is 236 g/mol. The van der Waals surface area contributed by atoms with Crippen LogP contribution in [0.25, 0.3) is 11.3 Å². The summed E-state index contributed by atoms with van der Waals surface area (Å²) in [5, 5.41) is 4.03. The fourth-order valence-electron chi connectivity index (χ4n) is 2.97. The van der Waals surface area contributed by atoms with Crippen LogP contribution in [0, 0.1) is 6.92 Å². The molecule has 0 atom stereocenters. The van der Waals surface area contributed by atoms with E-state index in [0.29, 0.717) is 5.88 Å². The van der Waals surface area contributed by atoms with Gasteiger partial charge in [0.05, 0.1) is 0 Å². The molecule has 19 heavy (non-hydrogen) atoms. The minimum absolute atomic E-state index is 0.409. The molecule has 0 saturated heterocycles. The molecular formula is C16H20N2O. The molecule has 1 aromatic heterocycles. The Kier molecular flexibility index (Phi) is 3.28. The molecule has 0 bridgehead atoms. The van der Waals surface area contributed by atoms with Crippen molar-refractivity contribution in [1.29, 1.82) is 0 Å². The third-order valence-corrected chi connectivity index (χ3v) is 4.22. The first-order valence-corrected chi connectivity index (χ1v) is 7.08. The van der Waals surface area contributed by atoms with Crippen molar-refractivity contribution in [2.24, 2.45) is 0 Å². The third kappa shape index (κ3) is 2.37. The highest BCUT2D eigenvalue weighted by Gasteiger charge is 2.16. The summed E-state index contributed by atoms with van der Waals surface area (Å²) in [5.41, 5.74) is 10.0. The Hall–Kier alpha value is -1.77. The van der Waals surface area contributed by atoms with Gasteiger partial charge in [0, 0.05) is 11.1 Å². The Balaban J connectivity index is 1.84. The van der Waals surface area contributed by atoms with Crippen molar-refractivity contribution in [3.05, 3.63) is 35.4 Å². The van der Waals surface area contributed by atoms with E-state index in [1.165, 1.54) is 37.7 Å². The van der Waals surface area contributed by atoms with Crippen LogP contribution in [0.2, 0.25) is 0 Å². The first-order valence-electron chi connectivity index (χ1n) is 7.08. The first-order chi connectivity index (χ1) is 9.25. The Labute approximate surface area is 113 Å². The molecule has 0 aliphatic heterocycles. The number of hydrogen-bond acceptors (Lipinski definition) is 3. The van der Waals surface area contributed by atoms with E-state index in [2.05, 4.69) is 29.4 Å². The lowest BCUT2D eigenvalue weighted by molar-refractivity contribution is 0.438. The number of benzene rings is 1. The predicted molar refractivity (Wildman–Crippen MR) is 76.9 cm³/mol. The molecule has 0 unspecified atom stereocenters. The van der Waals surface area contributed by atoms with Crippen molar-refractivity contribution < 1.29 is 4.52 Å². The average Bonchev–Trinajstić information content (AvgIpc) is 2.80. The van der Waals surface area contributed by atoms with Crippen molar-refractivity contribution in [2.75, 3.05) is 5.73 Å². The van der Waals surface area contributed by atoms with Gasteiger partial charge in [0.15, 0.2) is 0 Å². The summed E-state index contributed by atoms with van der Waals surface area (Å²) in [6, 6.07) is 8.73. The fourth-order valence-corrected chi connectivity index (χ4v) is 2.97. The molecule has 100 valence electrons. The molecule has 1 aliphatic rings. The molecule has 3 nitrogen and oxygen atoms in total. The summed E-state index contributed by atoms with van der Waals surface area (Å²) in [7, 11) is 0. The largest absolute Gasteiger partial charge is 0.367 e. The molecule has 0 amide bonds. The molecule has 3 rings (SSSR count). The summed E-state index contributed by atoms with van der Waals surface area (Å²) in [4.78, 5) is 0. The van der Waals surface area contributed by atoms with Gasteiger partial charge in [-0.2, -0.15) is 0 Å². The van der Waals surface area contributed by atoms with Crippen LogP contribution in [-0.4, -0.2) is 5.16 Å². The van der Waals surface area contributed by atoms with Gasteiger partial charge >= 0.3 is 0 Å². The van der Waals surface area contributed by atoms with Crippen molar-refractivity contribution in [1.82, 2.24) is 5.16 Å². The lowest BCUT2D eigenvalue weighted by Crippen LogP contribution is -2.04. The monoisotopic (exact) mass is 256 g/mol. The standard InChI is InChI=1S/C16H20N2O/c1-11-15(18-19-16(11)17)14-9-7-13(8-10-14)12-5-3-2-4-6-12/h7-10,12H,2-6,17H2,1H3. The maximum absolute atomic E-state index is 5.70. The molecule has 3 heteroatoms. The van der Waals surface area contributed by atoms with Gasteiger partial charge < -0.3 is 10.3 Å². The minimum Gasteiger partial charge on any atom is -0.367 e. The SMILES string of the molecule is Cc1c(-c2ccc(C3CCCCC3)cc2)noc1N. The van der Waals surface area contributed by atoms with Crippen molar-refractivity contribution in [3.8, 4) is 11.3 Å². The number of nitrogen functional groups attached to an aromatic ring is 1. The number of nitrogens with zero attached hydrogens (tertiary/aromatic N) is 1. The van der Waals surface area contributed by atoms with Crippen molar-refractivity contribution in [2.45, 2.75) is 44.9 Å². The lowest BCUT2D eigenvalue weighted by atomic mass is 9.84. The molecule has 0 radical (unpaired) electrons. The predicted octanol–water partition coefficient (Wildman–Crippen LogP) is 4.28. The maximum Gasteiger partial charge on any atom is 0.225 e. The molecule has 1 fully saturated rings. The zero-order valence-corrected chi connectivity index (χ0v) is 11.4. The van der Waals surface area contributed by atoms with E-state index in [0.717, 1.165) is 22.7 Å². The molecule has 1 aliphatic carbocycles. The van der Waals surface area contributed by atoms with Gasteiger partial charge in [0.2, 0.25) is 5.88 Å². The average molecular weight is 256 g/mol. The van der Waals surface area contributed by atoms with E-state index in [1.807, 2.05) is 6.92 Å². The number of rotatable bonds is 2. The second kappa shape index (κ2) is 5.08. The van der Waals surface area contributed by atoms with E-state index >= 15 is 0 Å². The van der Waals surface area contributed by atoms with E-state index in [-0.39, 0.29) is 0 Å². The van der Waals surface area contributed by atoms with Gasteiger partial charge in [-0.3, -0.25) is 0 Å². The number of anilines is 1. The van der Waals surface area contributed by atoms with Gasteiger partial charge in [0.25, 0.3) is 0 Å². The number of nitrogens with two attached hydrogens (primary N) is 1. The smallest absolute Gasteiger partial charge is 0.225 e. The normalized spacial score (nSPS) is 16.7. The molecule has 2 aromatic rings. The van der Waals surface area contributed by atoms with Gasteiger partial charge in [-0.15, -0.1) is 0 Å². The Bertz CT molecular complexity index is 551. The second-order valence-corrected chi connectivity index (χ2v) is 5.48. The van der Waals surface area contributed by atoms with E-state index in [1.54, 1.807) is 0 Å². The minimum atomic E-state index is 0.409. The Morgan fingerprint density at radius 3 is 2.37 bits per heavy atom. The van der Waals surface area contributed by atoms with Gasteiger partial charge in [-0.1, -0.05) is 48.7 Å². The van der Waals surface area contributed by atoms with Crippen LogP contribution in [0.3, 0.4) is 0 Å².